The van der Waals surface area contributed by atoms with Crippen molar-refractivity contribution in [3.05, 3.63) is 54.1 Å². The highest BCUT2D eigenvalue weighted by Crippen LogP contribution is 2.30. The number of carbonyl (C=O) groups excluding carboxylic acids is 1. The van der Waals surface area contributed by atoms with E-state index in [1.807, 2.05) is 42.5 Å². The molecule has 5 heteroatoms. The van der Waals surface area contributed by atoms with Crippen molar-refractivity contribution in [1.29, 1.82) is 0 Å². The summed E-state index contributed by atoms with van der Waals surface area (Å²) in [6, 6.07) is 15.3. The van der Waals surface area contributed by atoms with E-state index in [0.29, 0.717) is 24.7 Å². The highest BCUT2D eigenvalue weighted by molar-refractivity contribution is 5.81. The number of fused-ring (bicyclic) bond motifs is 1. The maximum atomic E-state index is 12.1. The van der Waals surface area contributed by atoms with Gasteiger partial charge in [0, 0.05) is 0 Å². The van der Waals surface area contributed by atoms with Crippen molar-refractivity contribution in [3.8, 4) is 17.2 Å². The van der Waals surface area contributed by atoms with E-state index in [1.54, 1.807) is 6.07 Å². The van der Waals surface area contributed by atoms with Crippen LogP contribution in [-0.4, -0.2) is 31.8 Å². The average molecular weight is 327 g/mol. The minimum Gasteiger partial charge on any atom is -0.492 e. The molecule has 0 radical (unpaired) electrons. The lowest BCUT2D eigenvalue weighted by molar-refractivity contribution is -0.130. The number of benzene rings is 2. The Morgan fingerprint density at radius 1 is 1.17 bits per heavy atom. The predicted molar refractivity (Wildman–Crippen MR) is 90.7 cm³/mol. The maximum Gasteiger partial charge on any atom is 0.264 e. The van der Waals surface area contributed by atoms with Crippen molar-refractivity contribution >= 4 is 5.91 Å². The number of rotatable bonds is 6. The molecule has 1 amide bonds. The van der Waals surface area contributed by atoms with Gasteiger partial charge in [0.1, 0.15) is 19.0 Å². The van der Waals surface area contributed by atoms with E-state index in [4.69, 9.17) is 14.2 Å². The quantitative estimate of drug-likeness (QED) is 0.829. The normalized spacial score (nSPS) is 15.6. The number of carbonyl (C=O) groups is 1. The fourth-order valence-electron chi connectivity index (χ4n) is 2.43. The molecule has 2 aromatic rings. The van der Waals surface area contributed by atoms with Crippen LogP contribution in [0.5, 0.6) is 17.2 Å². The number of ether oxygens (including phenoxy) is 3. The number of nitrogens with one attached hydrogen (secondary N) is 1. The third kappa shape index (κ3) is 3.98. The van der Waals surface area contributed by atoms with Gasteiger partial charge in [-0.05, 0) is 36.2 Å². The zero-order valence-electron chi connectivity index (χ0n) is 13.7. The molecule has 1 aliphatic heterocycles. The van der Waals surface area contributed by atoms with Gasteiger partial charge < -0.3 is 19.5 Å². The smallest absolute Gasteiger partial charge is 0.264 e. The summed E-state index contributed by atoms with van der Waals surface area (Å²) < 4.78 is 16.8. The molecule has 0 saturated carbocycles. The molecule has 5 nitrogen and oxygen atoms in total. The highest BCUT2D eigenvalue weighted by atomic mass is 16.6. The van der Waals surface area contributed by atoms with Gasteiger partial charge in [0.05, 0.1) is 6.54 Å². The van der Waals surface area contributed by atoms with Crippen molar-refractivity contribution in [3.63, 3.8) is 0 Å². The molecule has 0 unspecified atom stereocenters. The Bertz CT molecular complexity index is 684. The summed E-state index contributed by atoms with van der Waals surface area (Å²) in [5.74, 6) is 1.86. The molecule has 1 heterocycles. The van der Waals surface area contributed by atoms with Gasteiger partial charge in [-0.3, -0.25) is 4.79 Å². The number of para-hydroxylation sites is 2. The first-order valence-electron chi connectivity index (χ1n) is 8.14. The Hall–Kier alpha value is -2.69. The fourth-order valence-corrected chi connectivity index (χ4v) is 2.43. The maximum absolute atomic E-state index is 12.1. The van der Waals surface area contributed by atoms with Crippen LogP contribution in [0.1, 0.15) is 12.5 Å². The van der Waals surface area contributed by atoms with Crippen LogP contribution in [0.25, 0.3) is 0 Å². The monoisotopic (exact) mass is 327 g/mol. The lowest BCUT2D eigenvalue weighted by Crippen LogP contribution is -2.45. The summed E-state index contributed by atoms with van der Waals surface area (Å²) in [5, 5.41) is 2.81. The molecule has 0 aromatic heterocycles. The Morgan fingerprint density at radius 2 is 1.92 bits per heavy atom. The number of hydrogen-bond donors (Lipinski definition) is 1. The average Bonchev–Trinajstić information content (AvgIpc) is 2.65. The Kier molecular flexibility index (Phi) is 5.21. The largest absolute Gasteiger partial charge is 0.492 e. The van der Waals surface area contributed by atoms with Crippen LogP contribution in [0, 0.1) is 0 Å². The van der Waals surface area contributed by atoms with E-state index in [9.17, 15) is 4.79 Å². The highest BCUT2D eigenvalue weighted by Gasteiger charge is 2.26. The first-order valence-corrected chi connectivity index (χ1v) is 8.14. The molecule has 0 bridgehead atoms. The van der Waals surface area contributed by atoms with E-state index in [1.165, 1.54) is 5.56 Å². The van der Waals surface area contributed by atoms with Crippen LogP contribution < -0.4 is 19.5 Å². The van der Waals surface area contributed by atoms with Gasteiger partial charge in [0.25, 0.3) is 5.91 Å². The molecule has 24 heavy (non-hydrogen) atoms. The van der Waals surface area contributed by atoms with Crippen molar-refractivity contribution in [1.82, 2.24) is 5.32 Å². The molecule has 3 rings (SSSR count). The SMILES string of the molecule is CCc1ccc(OCCNC(=O)[C@@H]2COc3ccccc3O2)cc1. The van der Waals surface area contributed by atoms with E-state index >= 15 is 0 Å². The first-order chi connectivity index (χ1) is 11.8. The second-order valence-electron chi connectivity index (χ2n) is 5.50. The molecular weight excluding hydrogens is 306 g/mol. The molecular formula is C19H21NO4. The molecule has 0 spiro atoms. The molecule has 0 fully saturated rings. The zero-order valence-corrected chi connectivity index (χ0v) is 13.7. The minimum absolute atomic E-state index is 0.200. The minimum atomic E-state index is -0.635. The number of hydrogen-bond acceptors (Lipinski definition) is 4. The van der Waals surface area contributed by atoms with Crippen LogP contribution in [-0.2, 0) is 11.2 Å². The summed E-state index contributed by atoms with van der Waals surface area (Å²) in [7, 11) is 0. The molecule has 1 aliphatic rings. The van der Waals surface area contributed by atoms with Gasteiger partial charge in [0.2, 0.25) is 6.10 Å². The van der Waals surface area contributed by atoms with E-state index in [-0.39, 0.29) is 12.5 Å². The van der Waals surface area contributed by atoms with Crippen molar-refractivity contribution in [2.45, 2.75) is 19.4 Å². The first kappa shape index (κ1) is 16.2. The summed E-state index contributed by atoms with van der Waals surface area (Å²) in [6.07, 6.45) is 0.367. The van der Waals surface area contributed by atoms with Crippen molar-refractivity contribution in [2.75, 3.05) is 19.8 Å². The van der Waals surface area contributed by atoms with E-state index in [0.717, 1.165) is 12.2 Å². The summed E-state index contributed by atoms with van der Waals surface area (Å²) >= 11 is 0. The Labute approximate surface area is 141 Å². The third-order valence-electron chi connectivity index (χ3n) is 3.80. The fraction of sp³-hybridized carbons (Fsp3) is 0.316. The van der Waals surface area contributed by atoms with Crippen LogP contribution in [0.15, 0.2) is 48.5 Å². The molecule has 126 valence electrons. The number of amides is 1. The van der Waals surface area contributed by atoms with Gasteiger partial charge in [-0.2, -0.15) is 0 Å². The summed E-state index contributed by atoms with van der Waals surface area (Å²) in [4.78, 5) is 12.1. The molecule has 0 saturated heterocycles. The number of aryl methyl sites for hydroxylation is 1. The second kappa shape index (κ2) is 7.73. The van der Waals surface area contributed by atoms with E-state index < -0.39 is 6.10 Å². The molecule has 2 aromatic carbocycles. The van der Waals surface area contributed by atoms with E-state index in [2.05, 4.69) is 12.2 Å². The van der Waals surface area contributed by atoms with Crippen LogP contribution in [0.2, 0.25) is 0 Å². The van der Waals surface area contributed by atoms with Crippen molar-refractivity contribution in [2.24, 2.45) is 0 Å². The summed E-state index contributed by atoms with van der Waals surface area (Å²) in [6.45, 7) is 3.14. The Balaban J connectivity index is 1.41. The van der Waals surface area contributed by atoms with Gasteiger partial charge in [-0.15, -0.1) is 0 Å². The van der Waals surface area contributed by atoms with Gasteiger partial charge in [0.15, 0.2) is 11.5 Å². The summed E-state index contributed by atoms with van der Waals surface area (Å²) in [5.41, 5.74) is 1.27. The van der Waals surface area contributed by atoms with Crippen LogP contribution in [0.3, 0.4) is 0 Å². The van der Waals surface area contributed by atoms with Gasteiger partial charge in [-0.1, -0.05) is 31.2 Å². The van der Waals surface area contributed by atoms with Crippen molar-refractivity contribution < 1.29 is 19.0 Å². The van der Waals surface area contributed by atoms with Crippen LogP contribution >= 0.6 is 0 Å². The van der Waals surface area contributed by atoms with Crippen LogP contribution in [0.4, 0.5) is 0 Å². The zero-order chi connectivity index (χ0) is 16.8. The molecule has 1 atom stereocenters. The molecule has 1 N–H and O–H groups in total. The Morgan fingerprint density at radius 3 is 2.67 bits per heavy atom. The second-order valence-corrected chi connectivity index (χ2v) is 5.50. The lowest BCUT2D eigenvalue weighted by atomic mass is 10.2. The van der Waals surface area contributed by atoms with Gasteiger partial charge >= 0.3 is 0 Å². The predicted octanol–water partition coefficient (Wildman–Crippen LogP) is 2.58. The lowest BCUT2D eigenvalue weighted by Gasteiger charge is -2.25. The topological polar surface area (TPSA) is 56.8 Å². The third-order valence-corrected chi connectivity index (χ3v) is 3.80. The molecule has 0 aliphatic carbocycles. The van der Waals surface area contributed by atoms with Gasteiger partial charge in [-0.25, -0.2) is 0 Å². The standard InChI is InChI=1S/C19H21NO4/c1-2-14-7-9-15(10-8-14)22-12-11-20-19(21)18-13-23-16-5-3-4-6-17(16)24-18/h3-10,18H,2,11-13H2,1H3,(H,20,21)/t18-/m0/s1.